The zero-order valence-corrected chi connectivity index (χ0v) is 13.1. The summed E-state index contributed by atoms with van der Waals surface area (Å²) < 4.78 is 0. The van der Waals surface area contributed by atoms with E-state index in [1.54, 1.807) is 18.4 Å². The zero-order chi connectivity index (χ0) is 13.7. The fourth-order valence-electron chi connectivity index (χ4n) is 1.08. The third-order valence-corrected chi connectivity index (χ3v) is 4.47. The Kier molecular flexibility index (Phi) is 6.61. The summed E-state index contributed by atoms with van der Waals surface area (Å²) in [7, 11) is 0. The van der Waals surface area contributed by atoms with Crippen LogP contribution in [0.5, 0.6) is 0 Å². The van der Waals surface area contributed by atoms with Crippen LogP contribution in [0.3, 0.4) is 0 Å². The molecule has 0 aliphatic heterocycles. The number of hydrogen-bond donors (Lipinski definition) is 0. The minimum Gasteiger partial charge on any atom is -0.281 e. The molecule has 0 bridgehead atoms. The largest absolute Gasteiger partial charge is 0.281 e. The molecule has 18 heavy (non-hydrogen) atoms. The number of hydrogen-bond acceptors (Lipinski definition) is 2. The molecular formula is C12H8Cl4OS. The van der Waals surface area contributed by atoms with E-state index in [1.807, 2.05) is 18.2 Å². The van der Waals surface area contributed by atoms with Crippen molar-refractivity contribution in [3.63, 3.8) is 0 Å². The number of thioether (sulfide) groups is 1. The first-order valence-corrected chi connectivity index (χ1v) is 7.47. The Balaban J connectivity index is 3.21. The van der Waals surface area contributed by atoms with E-state index in [2.05, 4.69) is 0 Å². The molecule has 1 aromatic rings. The van der Waals surface area contributed by atoms with Gasteiger partial charge in [-0.1, -0.05) is 88.5 Å². The van der Waals surface area contributed by atoms with Crippen molar-refractivity contribution < 1.29 is 4.79 Å². The number of rotatable bonds is 3. The van der Waals surface area contributed by atoms with E-state index in [0.29, 0.717) is 5.56 Å². The quantitative estimate of drug-likeness (QED) is 0.540. The summed E-state index contributed by atoms with van der Waals surface area (Å²) in [6.07, 6.45) is 1.60. The Bertz CT molecular complexity index is 508. The van der Waals surface area contributed by atoms with E-state index in [1.165, 1.54) is 0 Å². The highest BCUT2D eigenvalue weighted by Crippen LogP contribution is 2.35. The molecule has 0 saturated heterocycles. The van der Waals surface area contributed by atoms with Crippen LogP contribution in [0.2, 0.25) is 0 Å². The number of benzene rings is 1. The average molecular weight is 342 g/mol. The Labute approximate surface area is 130 Å². The lowest BCUT2D eigenvalue weighted by Gasteiger charge is -2.05. The van der Waals surface area contributed by atoms with Crippen LogP contribution in [0, 0.1) is 0 Å². The highest BCUT2D eigenvalue weighted by Gasteiger charge is 2.16. The van der Waals surface area contributed by atoms with Gasteiger partial charge in [0.2, 0.25) is 5.12 Å². The minimum absolute atomic E-state index is 0.0495. The second kappa shape index (κ2) is 7.46. The van der Waals surface area contributed by atoms with Gasteiger partial charge in [0.05, 0.1) is 15.1 Å². The van der Waals surface area contributed by atoms with Gasteiger partial charge in [-0.25, -0.2) is 0 Å². The molecule has 0 aliphatic rings. The molecule has 0 amide bonds. The van der Waals surface area contributed by atoms with Gasteiger partial charge in [0.15, 0.2) is 0 Å². The third kappa shape index (κ3) is 3.94. The Morgan fingerprint density at radius 2 is 1.50 bits per heavy atom. The van der Waals surface area contributed by atoms with E-state index in [9.17, 15) is 4.79 Å². The highest BCUT2D eigenvalue weighted by atomic mass is 35.5. The van der Waals surface area contributed by atoms with Gasteiger partial charge in [-0.15, -0.1) is 0 Å². The van der Waals surface area contributed by atoms with Crippen LogP contribution in [0.4, 0.5) is 0 Å². The van der Waals surface area contributed by atoms with Crippen LogP contribution < -0.4 is 0 Å². The molecule has 0 aliphatic carbocycles. The lowest BCUT2D eigenvalue weighted by molar-refractivity contribution is -0.107. The van der Waals surface area contributed by atoms with Crippen LogP contribution >= 0.6 is 58.2 Å². The average Bonchev–Trinajstić information content (AvgIpc) is 2.44. The maximum atomic E-state index is 11.4. The van der Waals surface area contributed by atoms with Gasteiger partial charge in [0.25, 0.3) is 0 Å². The summed E-state index contributed by atoms with van der Waals surface area (Å²) in [5, 5.41) is -0.251. The molecule has 1 nitrogen and oxygen atoms in total. The molecule has 0 spiro atoms. The first-order chi connectivity index (χ1) is 8.49. The summed E-state index contributed by atoms with van der Waals surface area (Å²) in [5.74, 6) is 0. The van der Waals surface area contributed by atoms with Crippen molar-refractivity contribution in [2.24, 2.45) is 0 Å². The fourth-order valence-corrected chi connectivity index (χ4v) is 2.45. The first kappa shape index (κ1) is 15.9. The third-order valence-electron chi connectivity index (χ3n) is 1.97. The molecule has 6 heteroatoms. The zero-order valence-electron chi connectivity index (χ0n) is 9.22. The first-order valence-electron chi connectivity index (χ1n) is 4.73. The van der Waals surface area contributed by atoms with Gasteiger partial charge in [-0.3, -0.25) is 4.79 Å². The summed E-state index contributed by atoms with van der Waals surface area (Å²) >= 11 is 24.8. The van der Waals surface area contributed by atoms with Gasteiger partial charge in [0.1, 0.15) is 5.03 Å². The van der Waals surface area contributed by atoms with E-state index in [0.717, 1.165) is 11.8 Å². The van der Waals surface area contributed by atoms with Crippen molar-refractivity contribution in [2.45, 2.75) is 0 Å². The molecule has 0 aromatic heterocycles. The van der Waals surface area contributed by atoms with Crippen LogP contribution in [0.25, 0.3) is 5.03 Å². The fraction of sp³-hybridized carbons (Fsp3) is 0.0833. The van der Waals surface area contributed by atoms with Gasteiger partial charge in [-0.05, 0) is 11.8 Å². The molecule has 0 radical (unpaired) electrons. The smallest absolute Gasteiger partial charge is 0.232 e. The van der Waals surface area contributed by atoms with Crippen molar-refractivity contribution in [1.82, 2.24) is 0 Å². The van der Waals surface area contributed by atoms with Gasteiger partial charge >= 0.3 is 0 Å². The molecule has 0 N–H and O–H groups in total. The normalized spacial score (nSPS) is 13.8. The van der Waals surface area contributed by atoms with Crippen molar-refractivity contribution >= 4 is 68.3 Å². The minimum atomic E-state index is -0.364. The number of carbonyl (C=O) groups is 1. The molecule has 1 aromatic carbocycles. The lowest BCUT2D eigenvalue weighted by Crippen LogP contribution is -1.93. The van der Waals surface area contributed by atoms with Crippen LogP contribution in [-0.2, 0) is 4.79 Å². The lowest BCUT2D eigenvalue weighted by atomic mass is 10.2. The Morgan fingerprint density at radius 3 is 2.00 bits per heavy atom. The van der Waals surface area contributed by atoms with Gasteiger partial charge in [0, 0.05) is 0 Å². The van der Waals surface area contributed by atoms with Crippen molar-refractivity contribution in [3.05, 3.63) is 51.0 Å². The topological polar surface area (TPSA) is 17.1 Å². The van der Waals surface area contributed by atoms with Crippen molar-refractivity contribution in [2.75, 3.05) is 6.26 Å². The second-order valence-corrected chi connectivity index (χ2v) is 5.40. The van der Waals surface area contributed by atoms with E-state index in [4.69, 9.17) is 46.4 Å². The van der Waals surface area contributed by atoms with Gasteiger partial charge < -0.3 is 0 Å². The molecule has 0 fully saturated rings. The predicted molar refractivity (Wildman–Crippen MR) is 82.3 cm³/mol. The molecule has 0 atom stereocenters. The van der Waals surface area contributed by atoms with E-state index >= 15 is 0 Å². The Hall–Kier alpha value is -0.120. The van der Waals surface area contributed by atoms with Crippen LogP contribution in [-0.4, -0.2) is 11.4 Å². The van der Waals surface area contributed by atoms with Crippen LogP contribution in [0.15, 0.2) is 45.4 Å². The summed E-state index contributed by atoms with van der Waals surface area (Å²) in [6, 6.07) is 9.03. The number of halogens is 4. The monoisotopic (exact) mass is 340 g/mol. The summed E-state index contributed by atoms with van der Waals surface area (Å²) in [6.45, 7) is 0. The summed E-state index contributed by atoms with van der Waals surface area (Å²) in [4.78, 5) is 11.4. The van der Waals surface area contributed by atoms with Crippen molar-refractivity contribution in [1.29, 1.82) is 0 Å². The SMILES string of the molecule is CSC(=O)/C(Cl)=C(Cl)\C(Cl)=C(\Cl)c1ccccc1. The maximum Gasteiger partial charge on any atom is 0.232 e. The molecule has 0 heterocycles. The predicted octanol–water partition coefficient (Wildman–Crippen LogP) is 5.41. The molecule has 0 unspecified atom stereocenters. The van der Waals surface area contributed by atoms with Gasteiger partial charge in [-0.2, -0.15) is 0 Å². The Morgan fingerprint density at radius 1 is 0.944 bits per heavy atom. The van der Waals surface area contributed by atoms with Crippen molar-refractivity contribution in [3.8, 4) is 0 Å². The van der Waals surface area contributed by atoms with E-state index < -0.39 is 0 Å². The second-order valence-electron chi connectivity index (χ2n) is 3.11. The molecule has 1 rings (SSSR count). The molecular weight excluding hydrogens is 334 g/mol. The standard InChI is InChI=1S/C12H8Cl4OS/c1-18-12(17)11(16)10(15)9(14)8(13)7-5-3-2-4-6-7/h2-6H,1H3/b9-8-,11-10-. The molecule has 0 saturated carbocycles. The number of carbonyl (C=O) groups excluding carboxylic acids is 1. The molecule has 96 valence electrons. The highest BCUT2D eigenvalue weighted by molar-refractivity contribution is 8.13. The van der Waals surface area contributed by atoms with E-state index in [-0.39, 0.29) is 25.2 Å². The number of allylic oxidation sites excluding steroid dienone is 2. The summed E-state index contributed by atoms with van der Waals surface area (Å²) in [5.41, 5.74) is 0.698. The van der Waals surface area contributed by atoms with Crippen LogP contribution in [0.1, 0.15) is 5.56 Å². The maximum absolute atomic E-state index is 11.4.